The standard InChI is InChI=1S/C13H21NO2/c1-3-7-16-13-6-4-5-12(8-13)9-14-11(2)10-15/h4-6,8,11,14-15H,3,7,9-10H2,1-2H3/t11-/m1/s1. The van der Waals surface area contributed by atoms with Crippen LogP contribution < -0.4 is 10.1 Å². The van der Waals surface area contributed by atoms with E-state index in [-0.39, 0.29) is 12.6 Å². The lowest BCUT2D eigenvalue weighted by molar-refractivity contribution is 0.251. The van der Waals surface area contributed by atoms with Gasteiger partial charge >= 0.3 is 0 Å². The molecule has 1 rings (SSSR count). The molecule has 0 amide bonds. The lowest BCUT2D eigenvalue weighted by Crippen LogP contribution is -2.28. The summed E-state index contributed by atoms with van der Waals surface area (Å²) in [6.07, 6.45) is 1.02. The Balaban J connectivity index is 2.46. The van der Waals surface area contributed by atoms with Crippen molar-refractivity contribution < 1.29 is 9.84 Å². The maximum absolute atomic E-state index is 8.90. The highest BCUT2D eigenvalue weighted by atomic mass is 16.5. The minimum Gasteiger partial charge on any atom is -0.494 e. The lowest BCUT2D eigenvalue weighted by Gasteiger charge is -2.11. The summed E-state index contributed by atoms with van der Waals surface area (Å²) in [6.45, 7) is 5.72. The van der Waals surface area contributed by atoms with E-state index in [1.54, 1.807) is 0 Å². The largest absolute Gasteiger partial charge is 0.494 e. The smallest absolute Gasteiger partial charge is 0.119 e. The molecule has 3 nitrogen and oxygen atoms in total. The van der Waals surface area contributed by atoms with Crippen molar-refractivity contribution in [3.05, 3.63) is 29.8 Å². The van der Waals surface area contributed by atoms with E-state index in [0.717, 1.165) is 25.3 Å². The highest BCUT2D eigenvalue weighted by Gasteiger charge is 2.00. The van der Waals surface area contributed by atoms with Gasteiger partial charge in [0.1, 0.15) is 5.75 Å². The highest BCUT2D eigenvalue weighted by molar-refractivity contribution is 5.28. The summed E-state index contributed by atoms with van der Waals surface area (Å²) in [5.41, 5.74) is 1.17. The Labute approximate surface area is 97.4 Å². The number of aliphatic hydroxyl groups excluding tert-OH is 1. The third kappa shape index (κ3) is 4.64. The zero-order valence-corrected chi connectivity index (χ0v) is 10.1. The summed E-state index contributed by atoms with van der Waals surface area (Å²) in [5, 5.41) is 12.1. The fraction of sp³-hybridized carbons (Fsp3) is 0.538. The van der Waals surface area contributed by atoms with Crippen LogP contribution in [0.4, 0.5) is 0 Å². The van der Waals surface area contributed by atoms with E-state index >= 15 is 0 Å². The fourth-order valence-corrected chi connectivity index (χ4v) is 1.32. The molecular formula is C13H21NO2. The van der Waals surface area contributed by atoms with Crippen LogP contribution in [0.1, 0.15) is 25.8 Å². The maximum Gasteiger partial charge on any atom is 0.119 e. The van der Waals surface area contributed by atoms with Crippen molar-refractivity contribution in [3.8, 4) is 5.75 Å². The van der Waals surface area contributed by atoms with Crippen LogP contribution in [0.5, 0.6) is 5.75 Å². The first-order valence-corrected chi connectivity index (χ1v) is 5.82. The van der Waals surface area contributed by atoms with Gasteiger partial charge in [0.2, 0.25) is 0 Å². The van der Waals surface area contributed by atoms with E-state index in [1.807, 2.05) is 25.1 Å². The summed E-state index contributed by atoms with van der Waals surface area (Å²) in [4.78, 5) is 0. The van der Waals surface area contributed by atoms with Crippen LogP contribution in [0.15, 0.2) is 24.3 Å². The van der Waals surface area contributed by atoms with Crippen LogP contribution in [0.3, 0.4) is 0 Å². The van der Waals surface area contributed by atoms with Crippen LogP contribution in [0.25, 0.3) is 0 Å². The topological polar surface area (TPSA) is 41.5 Å². The van der Waals surface area contributed by atoms with Gasteiger partial charge in [-0.2, -0.15) is 0 Å². The lowest BCUT2D eigenvalue weighted by atomic mass is 10.2. The third-order valence-corrected chi connectivity index (χ3v) is 2.30. The Morgan fingerprint density at radius 3 is 2.94 bits per heavy atom. The van der Waals surface area contributed by atoms with Crippen molar-refractivity contribution in [2.24, 2.45) is 0 Å². The molecule has 0 bridgehead atoms. The van der Waals surface area contributed by atoms with E-state index in [1.165, 1.54) is 5.56 Å². The van der Waals surface area contributed by atoms with Gasteiger partial charge < -0.3 is 15.2 Å². The van der Waals surface area contributed by atoms with E-state index in [4.69, 9.17) is 9.84 Å². The minimum absolute atomic E-state index is 0.125. The Morgan fingerprint density at radius 2 is 2.25 bits per heavy atom. The number of benzene rings is 1. The number of aliphatic hydroxyl groups is 1. The molecule has 0 heterocycles. The quantitative estimate of drug-likeness (QED) is 0.742. The average molecular weight is 223 g/mol. The van der Waals surface area contributed by atoms with Gasteiger partial charge in [-0.1, -0.05) is 19.1 Å². The molecular weight excluding hydrogens is 202 g/mol. The van der Waals surface area contributed by atoms with Crippen molar-refractivity contribution in [1.82, 2.24) is 5.32 Å². The van der Waals surface area contributed by atoms with E-state index < -0.39 is 0 Å². The summed E-state index contributed by atoms with van der Waals surface area (Å²) >= 11 is 0. The molecule has 16 heavy (non-hydrogen) atoms. The molecule has 0 aliphatic heterocycles. The molecule has 0 aliphatic carbocycles. The van der Waals surface area contributed by atoms with Crippen molar-refractivity contribution in [2.45, 2.75) is 32.9 Å². The van der Waals surface area contributed by atoms with Crippen molar-refractivity contribution >= 4 is 0 Å². The minimum atomic E-state index is 0.125. The Kier molecular flexibility index (Phi) is 5.90. The second-order valence-electron chi connectivity index (χ2n) is 3.96. The molecule has 0 aliphatic rings. The molecule has 0 spiro atoms. The number of ether oxygens (including phenoxy) is 1. The van der Waals surface area contributed by atoms with E-state index in [9.17, 15) is 0 Å². The number of rotatable bonds is 7. The molecule has 1 atom stereocenters. The van der Waals surface area contributed by atoms with Gasteiger partial charge in [0, 0.05) is 12.6 Å². The molecule has 0 radical (unpaired) electrons. The van der Waals surface area contributed by atoms with Gasteiger partial charge in [0.05, 0.1) is 13.2 Å². The Hall–Kier alpha value is -1.06. The molecule has 90 valence electrons. The van der Waals surface area contributed by atoms with Crippen molar-refractivity contribution in [1.29, 1.82) is 0 Å². The number of hydrogen-bond donors (Lipinski definition) is 2. The van der Waals surface area contributed by atoms with Crippen molar-refractivity contribution in [3.63, 3.8) is 0 Å². The Bertz CT molecular complexity index is 302. The molecule has 3 heteroatoms. The first kappa shape index (κ1) is 13.0. The van der Waals surface area contributed by atoms with Crippen LogP contribution >= 0.6 is 0 Å². The van der Waals surface area contributed by atoms with E-state index in [2.05, 4.69) is 18.3 Å². The van der Waals surface area contributed by atoms with Gasteiger partial charge in [0.25, 0.3) is 0 Å². The van der Waals surface area contributed by atoms with E-state index in [0.29, 0.717) is 0 Å². The van der Waals surface area contributed by atoms with Gasteiger partial charge in [0.15, 0.2) is 0 Å². The summed E-state index contributed by atoms with van der Waals surface area (Å²) in [6, 6.07) is 8.17. The first-order valence-electron chi connectivity index (χ1n) is 5.82. The van der Waals surface area contributed by atoms with Crippen LogP contribution in [0.2, 0.25) is 0 Å². The second kappa shape index (κ2) is 7.25. The molecule has 0 aromatic heterocycles. The number of hydrogen-bond acceptors (Lipinski definition) is 3. The average Bonchev–Trinajstić information content (AvgIpc) is 2.34. The predicted molar refractivity (Wildman–Crippen MR) is 65.6 cm³/mol. The normalized spacial score (nSPS) is 12.4. The molecule has 0 unspecified atom stereocenters. The summed E-state index contributed by atoms with van der Waals surface area (Å²) < 4.78 is 5.55. The van der Waals surface area contributed by atoms with Crippen LogP contribution in [0, 0.1) is 0 Å². The van der Waals surface area contributed by atoms with Gasteiger partial charge in [-0.05, 0) is 31.0 Å². The maximum atomic E-state index is 8.90. The predicted octanol–water partition coefficient (Wildman–Crippen LogP) is 1.95. The molecule has 2 N–H and O–H groups in total. The van der Waals surface area contributed by atoms with Crippen LogP contribution in [-0.2, 0) is 6.54 Å². The van der Waals surface area contributed by atoms with Gasteiger partial charge in [-0.3, -0.25) is 0 Å². The fourth-order valence-electron chi connectivity index (χ4n) is 1.32. The Morgan fingerprint density at radius 1 is 1.44 bits per heavy atom. The zero-order chi connectivity index (χ0) is 11.8. The number of nitrogens with one attached hydrogen (secondary N) is 1. The summed E-state index contributed by atoms with van der Waals surface area (Å²) in [7, 11) is 0. The zero-order valence-electron chi connectivity index (χ0n) is 10.1. The molecule has 0 fully saturated rings. The molecule has 1 aromatic rings. The summed E-state index contributed by atoms with van der Waals surface area (Å²) in [5.74, 6) is 0.915. The SMILES string of the molecule is CCCOc1cccc(CN[C@H](C)CO)c1. The first-order chi connectivity index (χ1) is 7.76. The van der Waals surface area contributed by atoms with Gasteiger partial charge in [-0.15, -0.1) is 0 Å². The molecule has 0 saturated heterocycles. The van der Waals surface area contributed by atoms with Gasteiger partial charge in [-0.25, -0.2) is 0 Å². The third-order valence-electron chi connectivity index (χ3n) is 2.30. The van der Waals surface area contributed by atoms with Crippen LogP contribution in [-0.4, -0.2) is 24.4 Å². The molecule has 1 aromatic carbocycles. The highest BCUT2D eigenvalue weighted by Crippen LogP contribution is 2.13. The second-order valence-corrected chi connectivity index (χ2v) is 3.96. The molecule has 0 saturated carbocycles. The van der Waals surface area contributed by atoms with Crippen molar-refractivity contribution in [2.75, 3.05) is 13.2 Å². The monoisotopic (exact) mass is 223 g/mol.